The van der Waals surface area contributed by atoms with Crippen LogP contribution >= 0.6 is 0 Å². The van der Waals surface area contributed by atoms with Crippen molar-refractivity contribution in [3.63, 3.8) is 0 Å². The maximum absolute atomic E-state index is 12.5. The zero-order valence-electron chi connectivity index (χ0n) is 12.3. The number of aromatic nitrogens is 2. The van der Waals surface area contributed by atoms with E-state index in [1.54, 1.807) is 18.2 Å². The van der Waals surface area contributed by atoms with Gasteiger partial charge in [-0.15, -0.1) is 0 Å². The Balaban J connectivity index is 1.69. The second kappa shape index (κ2) is 4.88. The van der Waals surface area contributed by atoms with Crippen LogP contribution in [0.1, 0.15) is 16.1 Å². The third kappa shape index (κ3) is 2.20. The van der Waals surface area contributed by atoms with E-state index in [0.29, 0.717) is 22.3 Å². The van der Waals surface area contributed by atoms with Crippen LogP contribution < -0.4 is 11.0 Å². The van der Waals surface area contributed by atoms with Crippen LogP contribution in [0.25, 0.3) is 22.0 Å². The van der Waals surface area contributed by atoms with Gasteiger partial charge in [-0.3, -0.25) is 4.79 Å². The molecule has 3 N–H and O–H groups in total. The summed E-state index contributed by atoms with van der Waals surface area (Å²) >= 11 is 0. The lowest BCUT2D eigenvalue weighted by atomic mass is 10.1. The molecule has 23 heavy (non-hydrogen) atoms. The van der Waals surface area contributed by atoms with Gasteiger partial charge in [0.1, 0.15) is 5.58 Å². The molecule has 0 spiro atoms. The molecular weight excluding hydrogens is 294 g/mol. The Kier molecular flexibility index (Phi) is 2.84. The molecule has 6 heteroatoms. The van der Waals surface area contributed by atoms with Gasteiger partial charge in [-0.05, 0) is 31.2 Å². The smallest absolute Gasteiger partial charge is 0.323 e. The first kappa shape index (κ1) is 13.4. The van der Waals surface area contributed by atoms with Crippen LogP contribution in [0.4, 0.5) is 5.69 Å². The van der Waals surface area contributed by atoms with Gasteiger partial charge >= 0.3 is 5.69 Å². The molecule has 0 radical (unpaired) electrons. The van der Waals surface area contributed by atoms with E-state index in [9.17, 15) is 9.59 Å². The van der Waals surface area contributed by atoms with Crippen molar-refractivity contribution in [2.24, 2.45) is 0 Å². The van der Waals surface area contributed by atoms with E-state index < -0.39 is 0 Å². The predicted octanol–water partition coefficient (Wildman–Crippen LogP) is 3.16. The number of nitrogens with one attached hydrogen (secondary N) is 3. The molecule has 0 aliphatic rings. The Morgan fingerprint density at radius 3 is 2.70 bits per heavy atom. The molecule has 0 aliphatic carbocycles. The van der Waals surface area contributed by atoms with Crippen LogP contribution in [0.3, 0.4) is 0 Å². The van der Waals surface area contributed by atoms with Gasteiger partial charge in [-0.2, -0.15) is 0 Å². The zero-order chi connectivity index (χ0) is 16.0. The van der Waals surface area contributed by atoms with Crippen molar-refractivity contribution < 1.29 is 9.21 Å². The minimum absolute atomic E-state index is 0.281. The fraction of sp³-hybridized carbons (Fsp3) is 0.0588. The molecule has 0 bridgehead atoms. The number of para-hydroxylation sites is 1. The number of aryl methyl sites for hydroxylation is 1. The molecule has 0 saturated heterocycles. The fourth-order valence-electron chi connectivity index (χ4n) is 2.69. The second-order valence-electron chi connectivity index (χ2n) is 5.35. The standard InChI is InChI=1S/C17H13N3O3/c1-9-11-4-2-3-5-14(11)23-15(9)16(21)18-10-6-7-12-13(8-10)20-17(22)19-12/h2-8H,1H3,(H,18,21)(H2,19,20,22). The molecule has 0 unspecified atom stereocenters. The summed E-state index contributed by atoms with van der Waals surface area (Å²) in [4.78, 5) is 29.0. The fourth-order valence-corrected chi connectivity index (χ4v) is 2.69. The van der Waals surface area contributed by atoms with Gasteiger partial charge in [0.05, 0.1) is 11.0 Å². The number of anilines is 1. The van der Waals surface area contributed by atoms with E-state index in [1.807, 2.05) is 31.2 Å². The van der Waals surface area contributed by atoms with E-state index in [0.717, 1.165) is 10.9 Å². The molecule has 2 aromatic carbocycles. The largest absolute Gasteiger partial charge is 0.451 e. The molecule has 2 aromatic heterocycles. The summed E-state index contributed by atoms with van der Waals surface area (Å²) in [6.45, 7) is 1.85. The van der Waals surface area contributed by atoms with Gasteiger partial charge in [0.2, 0.25) is 0 Å². The highest BCUT2D eigenvalue weighted by atomic mass is 16.3. The number of imidazole rings is 1. The number of benzene rings is 2. The third-order valence-electron chi connectivity index (χ3n) is 3.82. The van der Waals surface area contributed by atoms with Crippen molar-refractivity contribution in [1.82, 2.24) is 9.97 Å². The number of carbonyl (C=O) groups excluding carboxylic acids is 1. The number of amides is 1. The van der Waals surface area contributed by atoms with E-state index in [1.165, 1.54) is 0 Å². The molecule has 4 aromatic rings. The van der Waals surface area contributed by atoms with E-state index in [-0.39, 0.29) is 17.4 Å². The van der Waals surface area contributed by atoms with Crippen molar-refractivity contribution in [2.75, 3.05) is 5.32 Å². The maximum Gasteiger partial charge on any atom is 0.323 e. The normalized spacial score (nSPS) is 11.2. The van der Waals surface area contributed by atoms with Gasteiger partial charge < -0.3 is 19.7 Å². The van der Waals surface area contributed by atoms with Gasteiger partial charge in [0, 0.05) is 16.6 Å². The van der Waals surface area contributed by atoms with E-state index >= 15 is 0 Å². The minimum Gasteiger partial charge on any atom is -0.451 e. The first-order valence-corrected chi connectivity index (χ1v) is 7.13. The first-order valence-electron chi connectivity index (χ1n) is 7.13. The van der Waals surface area contributed by atoms with Crippen LogP contribution in [0.15, 0.2) is 51.7 Å². The predicted molar refractivity (Wildman–Crippen MR) is 87.8 cm³/mol. The van der Waals surface area contributed by atoms with Crippen LogP contribution in [-0.4, -0.2) is 15.9 Å². The Morgan fingerprint density at radius 2 is 1.87 bits per heavy atom. The number of rotatable bonds is 2. The number of aromatic amines is 2. The Hall–Kier alpha value is -3.28. The average molecular weight is 307 g/mol. The van der Waals surface area contributed by atoms with Crippen molar-refractivity contribution in [1.29, 1.82) is 0 Å². The summed E-state index contributed by atoms with van der Waals surface area (Å²) in [6, 6.07) is 12.7. The molecule has 1 amide bonds. The molecule has 0 fully saturated rings. The number of fused-ring (bicyclic) bond motifs is 2. The van der Waals surface area contributed by atoms with Crippen LogP contribution in [0.5, 0.6) is 0 Å². The molecule has 4 rings (SSSR count). The number of hydrogen-bond donors (Lipinski definition) is 3. The zero-order valence-corrected chi connectivity index (χ0v) is 12.3. The minimum atomic E-state index is -0.323. The summed E-state index contributed by atoms with van der Waals surface area (Å²) in [6.07, 6.45) is 0. The molecule has 114 valence electrons. The summed E-state index contributed by atoms with van der Waals surface area (Å²) in [5, 5.41) is 3.71. The quantitative estimate of drug-likeness (QED) is 0.531. The summed E-state index contributed by atoms with van der Waals surface area (Å²) < 4.78 is 5.65. The van der Waals surface area contributed by atoms with Crippen molar-refractivity contribution in [3.8, 4) is 0 Å². The summed E-state index contributed by atoms with van der Waals surface area (Å²) in [5.74, 6) is -0.0372. The number of furan rings is 1. The Morgan fingerprint density at radius 1 is 1.09 bits per heavy atom. The molecule has 0 atom stereocenters. The highest BCUT2D eigenvalue weighted by Crippen LogP contribution is 2.26. The monoisotopic (exact) mass is 307 g/mol. The van der Waals surface area contributed by atoms with Crippen LogP contribution in [0.2, 0.25) is 0 Å². The Labute approximate surface area is 130 Å². The van der Waals surface area contributed by atoms with Crippen molar-refractivity contribution >= 4 is 33.6 Å². The average Bonchev–Trinajstić information content (AvgIpc) is 3.07. The summed E-state index contributed by atoms with van der Waals surface area (Å²) in [7, 11) is 0. The first-order chi connectivity index (χ1) is 11.1. The molecule has 0 saturated carbocycles. The Bertz CT molecular complexity index is 1100. The van der Waals surface area contributed by atoms with E-state index in [4.69, 9.17) is 4.42 Å². The molecule has 0 aliphatic heterocycles. The molecule has 2 heterocycles. The SMILES string of the molecule is Cc1c(C(=O)Nc2ccc3[nH]c(=O)[nH]c3c2)oc2ccccc12. The second-order valence-corrected chi connectivity index (χ2v) is 5.35. The van der Waals surface area contributed by atoms with Gasteiger partial charge in [0.25, 0.3) is 5.91 Å². The van der Waals surface area contributed by atoms with Gasteiger partial charge in [-0.25, -0.2) is 4.79 Å². The highest BCUT2D eigenvalue weighted by molar-refractivity contribution is 6.06. The lowest BCUT2D eigenvalue weighted by Gasteiger charge is -2.03. The highest BCUT2D eigenvalue weighted by Gasteiger charge is 2.17. The van der Waals surface area contributed by atoms with Gasteiger partial charge in [-0.1, -0.05) is 18.2 Å². The molecular formula is C17H13N3O3. The van der Waals surface area contributed by atoms with Crippen LogP contribution in [-0.2, 0) is 0 Å². The summed E-state index contributed by atoms with van der Waals surface area (Å²) in [5.41, 5.74) is 3.10. The molecule has 6 nitrogen and oxygen atoms in total. The van der Waals surface area contributed by atoms with Gasteiger partial charge in [0.15, 0.2) is 5.76 Å². The van der Waals surface area contributed by atoms with Crippen molar-refractivity contribution in [2.45, 2.75) is 6.92 Å². The van der Waals surface area contributed by atoms with Crippen molar-refractivity contribution in [3.05, 3.63) is 64.3 Å². The van der Waals surface area contributed by atoms with Crippen LogP contribution in [0, 0.1) is 6.92 Å². The number of carbonyl (C=O) groups is 1. The topological polar surface area (TPSA) is 90.9 Å². The number of hydrogen-bond acceptors (Lipinski definition) is 3. The third-order valence-corrected chi connectivity index (χ3v) is 3.82. The van der Waals surface area contributed by atoms with E-state index in [2.05, 4.69) is 15.3 Å². The lowest BCUT2D eigenvalue weighted by Crippen LogP contribution is -2.12. The lowest BCUT2D eigenvalue weighted by molar-refractivity contribution is 0.0998. The maximum atomic E-state index is 12.5. The number of H-pyrrole nitrogens is 2.